The summed E-state index contributed by atoms with van der Waals surface area (Å²) < 4.78 is 25.8. The maximum Gasteiger partial charge on any atom is 0.340 e. The van der Waals surface area contributed by atoms with Crippen LogP contribution in [-0.4, -0.2) is 41.7 Å². The highest BCUT2D eigenvalue weighted by Crippen LogP contribution is 2.23. The Morgan fingerprint density at radius 3 is 2.70 bits per heavy atom. The van der Waals surface area contributed by atoms with Gasteiger partial charge in [0.1, 0.15) is 5.56 Å². The minimum Gasteiger partial charge on any atom is -0.478 e. The van der Waals surface area contributed by atoms with Gasteiger partial charge in [-0.3, -0.25) is 14.4 Å². The van der Waals surface area contributed by atoms with Gasteiger partial charge in [0.15, 0.2) is 0 Å². The van der Waals surface area contributed by atoms with Crippen molar-refractivity contribution in [2.24, 2.45) is 0 Å². The summed E-state index contributed by atoms with van der Waals surface area (Å²) in [6, 6.07) is 3.12. The molecule has 2 N–H and O–H groups in total. The second-order valence-corrected chi connectivity index (χ2v) is 5.90. The monoisotopic (exact) mass is 296 g/mol. The summed E-state index contributed by atoms with van der Waals surface area (Å²) in [7, 11) is -2.77. The summed E-state index contributed by atoms with van der Waals surface area (Å²) in [6.45, 7) is 1.44. The van der Waals surface area contributed by atoms with Crippen LogP contribution in [0.15, 0.2) is 29.6 Å². The smallest absolute Gasteiger partial charge is 0.340 e. The summed E-state index contributed by atoms with van der Waals surface area (Å²) in [6.07, 6.45) is 2.86. The molecule has 0 amide bonds. The van der Waals surface area contributed by atoms with Crippen molar-refractivity contribution in [1.29, 1.82) is 0 Å². The summed E-state index contributed by atoms with van der Waals surface area (Å²) in [5.41, 5.74) is 0.126. The van der Waals surface area contributed by atoms with Gasteiger partial charge in [-0.15, -0.1) is 0 Å². The molecule has 0 saturated carbocycles. The number of aromatic nitrogens is 3. The van der Waals surface area contributed by atoms with Gasteiger partial charge in [0, 0.05) is 18.9 Å². The first-order chi connectivity index (χ1) is 9.35. The number of pyridine rings is 1. The van der Waals surface area contributed by atoms with Crippen molar-refractivity contribution in [3.63, 3.8) is 0 Å². The number of aromatic carboxylic acids is 1. The van der Waals surface area contributed by atoms with E-state index in [1.165, 1.54) is 26.4 Å². The lowest BCUT2D eigenvalue weighted by Gasteiger charge is -2.17. The molecule has 2 heterocycles. The molecule has 0 aromatic carbocycles. The van der Waals surface area contributed by atoms with Gasteiger partial charge < -0.3 is 5.11 Å². The lowest BCUT2D eigenvalue weighted by atomic mass is 10.3. The standard InChI is InChI=1S/C11H12N4O4S/c1-7-9(11(16)17)10(14-13-7)20(18,19)15(2)8-4-3-5-12-6-8/h3-6H,1-2H3,(H,13,14)(H,16,17). The second-order valence-electron chi connectivity index (χ2n) is 4.02. The molecule has 9 heteroatoms. The molecule has 0 aliphatic heterocycles. The van der Waals surface area contributed by atoms with Crippen LogP contribution in [0.1, 0.15) is 16.1 Å². The molecule has 0 bridgehead atoms. The van der Waals surface area contributed by atoms with Gasteiger partial charge in [0.05, 0.1) is 11.9 Å². The van der Waals surface area contributed by atoms with Crippen LogP contribution in [0.4, 0.5) is 5.69 Å². The normalized spacial score (nSPS) is 11.3. The summed E-state index contributed by atoms with van der Waals surface area (Å²) in [5, 5.41) is 14.6. The highest BCUT2D eigenvalue weighted by atomic mass is 32.2. The predicted molar refractivity (Wildman–Crippen MR) is 70.1 cm³/mol. The van der Waals surface area contributed by atoms with Crippen LogP contribution < -0.4 is 4.31 Å². The quantitative estimate of drug-likeness (QED) is 0.855. The molecule has 20 heavy (non-hydrogen) atoms. The molecule has 2 rings (SSSR count). The van der Waals surface area contributed by atoms with Crippen molar-refractivity contribution in [3.05, 3.63) is 35.8 Å². The largest absolute Gasteiger partial charge is 0.478 e. The van der Waals surface area contributed by atoms with Gasteiger partial charge in [-0.25, -0.2) is 4.79 Å². The number of sulfonamides is 1. The van der Waals surface area contributed by atoms with E-state index in [1.807, 2.05) is 0 Å². The maximum atomic E-state index is 12.4. The maximum absolute atomic E-state index is 12.4. The molecule has 0 fully saturated rings. The van der Waals surface area contributed by atoms with E-state index in [9.17, 15) is 13.2 Å². The number of carbonyl (C=O) groups is 1. The van der Waals surface area contributed by atoms with Gasteiger partial charge in [-0.2, -0.15) is 13.5 Å². The van der Waals surface area contributed by atoms with E-state index in [0.717, 1.165) is 4.31 Å². The van der Waals surface area contributed by atoms with E-state index in [-0.39, 0.29) is 11.3 Å². The molecule has 0 atom stereocenters. The minimum absolute atomic E-state index is 0.177. The number of hydrogen-bond acceptors (Lipinski definition) is 5. The number of aromatic amines is 1. The van der Waals surface area contributed by atoms with Crippen LogP contribution >= 0.6 is 0 Å². The van der Waals surface area contributed by atoms with E-state index in [1.54, 1.807) is 12.1 Å². The molecule has 0 saturated heterocycles. The first kappa shape index (κ1) is 14.0. The summed E-state index contributed by atoms with van der Waals surface area (Å²) in [5.74, 6) is -1.35. The SMILES string of the molecule is Cc1[nH]nc(S(=O)(=O)N(C)c2cccnc2)c1C(=O)O. The Morgan fingerprint density at radius 1 is 1.45 bits per heavy atom. The lowest BCUT2D eigenvalue weighted by molar-refractivity contribution is 0.0692. The van der Waals surface area contributed by atoms with Crippen LogP contribution in [-0.2, 0) is 10.0 Å². The van der Waals surface area contributed by atoms with Crippen LogP contribution in [0.25, 0.3) is 0 Å². The van der Waals surface area contributed by atoms with Crippen LogP contribution in [0.3, 0.4) is 0 Å². The Balaban J connectivity index is 2.54. The van der Waals surface area contributed by atoms with Crippen LogP contribution in [0.5, 0.6) is 0 Å². The summed E-state index contributed by atoms with van der Waals surface area (Å²) in [4.78, 5) is 15.0. The number of hydrogen-bond donors (Lipinski definition) is 2. The third kappa shape index (κ3) is 2.23. The van der Waals surface area contributed by atoms with Gasteiger partial charge in [0.25, 0.3) is 10.0 Å². The average molecular weight is 296 g/mol. The van der Waals surface area contributed by atoms with Crippen molar-refractivity contribution in [2.45, 2.75) is 11.9 Å². The van der Waals surface area contributed by atoms with Crippen molar-refractivity contribution in [2.75, 3.05) is 11.4 Å². The number of rotatable bonds is 4. The molecule has 0 radical (unpaired) electrons. The predicted octanol–water partition coefficient (Wildman–Crippen LogP) is 0.636. The van der Waals surface area contributed by atoms with E-state index in [2.05, 4.69) is 15.2 Å². The minimum atomic E-state index is -4.08. The average Bonchev–Trinajstić information content (AvgIpc) is 2.81. The molecular weight excluding hydrogens is 284 g/mol. The number of nitrogens with one attached hydrogen (secondary N) is 1. The zero-order valence-electron chi connectivity index (χ0n) is 10.7. The number of nitrogens with zero attached hydrogens (tertiary/aromatic N) is 3. The van der Waals surface area contributed by atoms with Gasteiger partial charge >= 0.3 is 5.97 Å². The van der Waals surface area contributed by atoms with Gasteiger partial charge in [-0.1, -0.05) is 0 Å². The first-order valence-electron chi connectivity index (χ1n) is 5.53. The van der Waals surface area contributed by atoms with Crippen molar-refractivity contribution >= 4 is 21.7 Å². The highest BCUT2D eigenvalue weighted by molar-refractivity contribution is 7.92. The fourth-order valence-electron chi connectivity index (χ4n) is 1.65. The fraction of sp³-hybridized carbons (Fsp3) is 0.182. The van der Waals surface area contributed by atoms with Crippen LogP contribution in [0.2, 0.25) is 0 Å². The molecule has 0 aliphatic rings. The molecule has 0 aliphatic carbocycles. The first-order valence-corrected chi connectivity index (χ1v) is 6.97. The van der Waals surface area contributed by atoms with E-state index >= 15 is 0 Å². The molecule has 0 unspecified atom stereocenters. The van der Waals surface area contributed by atoms with E-state index < -0.39 is 21.0 Å². The van der Waals surface area contributed by atoms with Crippen LogP contribution in [0, 0.1) is 6.92 Å². The van der Waals surface area contributed by atoms with Gasteiger partial charge in [0.2, 0.25) is 5.03 Å². The van der Waals surface area contributed by atoms with E-state index in [0.29, 0.717) is 5.69 Å². The molecule has 2 aromatic rings. The molecule has 2 aromatic heterocycles. The molecule has 0 spiro atoms. The Hall–Kier alpha value is -2.42. The second kappa shape index (κ2) is 4.93. The van der Waals surface area contributed by atoms with E-state index in [4.69, 9.17) is 5.11 Å². The lowest BCUT2D eigenvalue weighted by Crippen LogP contribution is -2.28. The third-order valence-corrected chi connectivity index (χ3v) is 4.46. The molecular formula is C11H12N4O4S. The number of carboxylic acid groups (broad SMARTS) is 1. The Bertz CT molecular complexity index is 739. The topological polar surface area (TPSA) is 116 Å². The number of H-pyrrole nitrogens is 1. The van der Waals surface area contributed by atoms with Crippen molar-refractivity contribution in [3.8, 4) is 0 Å². The summed E-state index contributed by atoms with van der Waals surface area (Å²) >= 11 is 0. The molecule has 106 valence electrons. The fourth-order valence-corrected chi connectivity index (χ4v) is 2.96. The molecule has 8 nitrogen and oxygen atoms in total. The Kier molecular flexibility index (Phi) is 3.45. The Morgan fingerprint density at radius 2 is 2.15 bits per heavy atom. The number of carboxylic acids is 1. The van der Waals surface area contributed by atoms with Crippen molar-refractivity contribution in [1.82, 2.24) is 15.2 Å². The zero-order chi connectivity index (χ0) is 14.9. The zero-order valence-corrected chi connectivity index (χ0v) is 11.5. The van der Waals surface area contributed by atoms with Crippen molar-refractivity contribution < 1.29 is 18.3 Å². The highest BCUT2D eigenvalue weighted by Gasteiger charge is 2.31. The van der Waals surface area contributed by atoms with Gasteiger partial charge in [-0.05, 0) is 19.1 Å². The third-order valence-electron chi connectivity index (χ3n) is 2.74. The number of anilines is 1. The Labute approximate surface area is 115 Å². The number of aryl methyl sites for hydroxylation is 1.